The van der Waals surface area contributed by atoms with Gasteiger partial charge in [0, 0.05) is 13.2 Å². The van der Waals surface area contributed by atoms with E-state index in [1.807, 2.05) is 0 Å². The normalized spacial score (nSPS) is 12.6. The molecule has 0 aromatic heterocycles. The van der Waals surface area contributed by atoms with Gasteiger partial charge in [-0.1, -0.05) is 12.1 Å². The van der Waals surface area contributed by atoms with Gasteiger partial charge in [0.25, 0.3) is 0 Å². The molecule has 0 aliphatic heterocycles. The van der Waals surface area contributed by atoms with Crippen molar-refractivity contribution in [1.82, 2.24) is 0 Å². The van der Waals surface area contributed by atoms with Gasteiger partial charge in [0.2, 0.25) is 0 Å². The zero-order chi connectivity index (χ0) is 12.6. The van der Waals surface area contributed by atoms with Crippen LogP contribution < -0.4 is 9.79 Å². The van der Waals surface area contributed by atoms with Gasteiger partial charge in [0.05, 0.1) is 5.56 Å². The standard InChI is InChI=1S/C8H6F3O4P/c9-8(10,11)6-3-1-2-5(4-6)7(12)16(13,14)15/h1-4H,(H2,13,14,15)/p-2. The quantitative estimate of drug-likeness (QED) is 0.727. The molecular formula is C8H4F3O4P-2. The summed E-state index contributed by atoms with van der Waals surface area (Å²) < 4.78 is 46.9. The second-order valence-corrected chi connectivity index (χ2v) is 4.28. The molecule has 0 aliphatic rings. The lowest BCUT2D eigenvalue weighted by molar-refractivity contribution is -0.307. The van der Waals surface area contributed by atoms with Crippen LogP contribution in [0.5, 0.6) is 0 Å². The van der Waals surface area contributed by atoms with E-state index in [2.05, 4.69) is 0 Å². The minimum atomic E-state index is -5.56. The predicted molar refractivity (Wildman–Crippen MR) is 43.4 cm³/mol. The fourth-order valence-corrected chi connectivity index (χ4v) is 1.44. The van der Waals surface area contributed by atoms with Crippen molar-refractivity contribution in [3.63, 3.8) is 0 Å². The van der Waals surface area contributed by atoms with Gasteiger partial charge in [0.1, 0.15) is 0 Å². The minimum absolute atomic E-state index is 0.324. The van der Waals surface area contributed by atoms with E-state index in [0.29, 0.717) is 12.1 Å². The van der Waals surface area contributed by atoms with Crippen LogP contribution in [-0.2, 0) is 10.7 Å². The molecule has 0 saturated heterocycles. The predicted octanol–water partition coefficient (Wildman–Crippen LogP) is 0.759. The van der Waals surface area contributed by atoms with Crippen LogP contribution in [0.1, 0.15) is 15.9 Å². The summed E-state index contributed by atoms with van der Waals surface area (Å²) >= 11 is 0. The summed E-state index contributed by atoms with van der Waals surface area (Å²) in [5.41, 5.74) is -3.83. The van der Waals surface area contributed by atoms with E-state index in [4.69, 9.17) is 0 Å². The summed E-state index contributed by atoms with van der Waals surface area (Å²) in [6, 6.07) is 2.67. The summed E-state index contributed by atoms with van der Waals surface area (Å²) in [6.07, 6.45) is -4.70. The maximum absolute atomic E-state index is 12.2. The minimum Gasteiger partial charge on any atom is -0.805 e. The van der Waals surface area contributed by atoms with E-state index >= 15 is 0 Å². The molecule has 0 aliphatic carbocycles. The Bertz CT molecular complexity index is 463. The van der Waals surface area contributed by atoms with E-state index in [9.17, 15) is 32.3 Å². The number of alkyl halides is 3. The van der Waals surface area contributed by atoms with Crippen molar-refractivity contribution in [2.24, 2.45) is 0 Å². The van der Waals surface area contributed by atoms with Crippen LogP contribution in [0.2, 0.25) is 0 Å². The second-order valence-electron chi connectivity index (χ2n) is 2.88. The van der Waals surface area contributed by atoms with E-state index in [1.165, 1.54) is 0 Å². The number of hydrogen-bond acceptors (Lipinski definition) is 4. The number of carbonyl (C=O) groups excluding carboxylic acids is 1. The van der Waals surface area contributed by atoms with Crippen LogP contribution >= 0.6 is 7.60 Å². The fourth-order valence-electron chi connectivity index (χ4n) is 0.987. The van der Waals surface area contributed by atoms with Gasteiger partial charge in [-0.2, -0.15) is 13.2 Å². The lowest BCUT2D eigenvalue weighted by Gasteiger charge is -2.27. The second kappa shape index (κ2) is 4.01. The lowest BCUT2D eigenvalue weighted by Crippen LogP contribution is -2.22. The Hall–Kier alpha value is -1.17. The molecule has 0 heterocycles. The Kier molecular flexibility index (Phi) is 3.23. The lowest BCUT2D eigenvalue weighted by atomic mass is 10.1. The molecule has 8 heteroatoms. The molecule has 0 amide bonds. The summed E-state index contributed by atoms with van der Waals surface area (Å²) in [5.74, 6) is 0. The van der Waals surface area contributed by atoms with Crippen molar-refractivity contribution in [3.8, 4) is 0 Å². The molecule has 88 valence electrons. The molecule has 0 N–H and O–H groups in total. The van der Waals surface area contributed by atoms with E-state index in [-0.39, 0.29) is 0 Å². The third-order valence-corrected chi connectivity index (χ3v) is 2.44. The smallest absolute Gasteiger partial charge is 0.416 e. The van der Waals surface area contributed by atoms with Crippen LogP contribution in [0.15, 0.2) is 24.3 Å². The van der Waals surface area contributed by atoms with Crippen molar-refractivity contribution < 1.29 is 32.3 Å². The van der Waals surface area contributed by atoms with Crippen molar-refractivity contribution in [1.29, 1.82) is 0 Å². The average Bonchev–Trinajstić information content (AvgIpc) is 2.14. The van der Waals surface area contributed by atoms with Gasteiger partial charge < -0.3 is 14.4 Å². The maximum Gasteiger partial charge on any atom is 0.416 e. The molecule has 0 fully saturated rings. The van der Waals surface area contributed by atoms with Gasteiger partial charge in [-0.15, -0.1) is 0 Å². The molecule has 0 saturated carbocycles. The fraction of sp³-hybridized carbons (Fsp3) is 0.125. The van der Waals surface area contributed by atoms with Crippen LogP contribution in [0.3, 0.4) is 0 Å². The molecule has 16 heavy (non-hydrogen) atoms. The number of halogens is 3. The molecule has 1 aromatic carbocycles. The van der Waals surface area contributed by atoms with Crippen LogP contribution in [0, 0.1) is 0 Å². The number of rotatable bonds is 2. The molecule has 1 aromatic rings. The van der Waals surface area contributed by atoms with E-state index in [1.54, 1.807) is 0 Å². The van der Waals surface area contributed by atoms with Gasteiger partial charge in [-0.25, -0.2) is 0 Å². The highest BCUT2D eigenvalue weighted by atomic mass is 31.2. The number of benzene rings is 1. The van der Waals surface area contributed by atoms with Gasteiger partial charge in [-0.3, -0.25) is 4.79 Å². The van der Waals surface area contributed by atoms with Crippen molar-refractivity contribution in [2.45, 2.75) is 6.18 Å². The topological polar surface area (TPSA) is 80.3 Å². The molecule has 0 radical (unpaired) electrons. The number of hydrogen-bond donors (Lipinski definition) is 0. The summed E-state index contributed by atoms with van der Waals surface area (Å²) in [4.78, 5) is 31.6. The monoisotopic (exact) mass is 252 g/mol. The zero-order valence-electron chi connectivity index (χ0n) is 7.52. The van der Waals surface area contributed by atoms with Crippen molar-refractivity contribution >= 4 is 13.1 Å². The van der Waals surface area contributed by atoms with Crippen LogP contribution in [0.25, 0.3) is 0 Å². The van der Waals surface area contributed by atoms with Gasteiger partial charge in [-0.05, 0) is 12.1 Å². The Balaban J connectivity index is 3.19. The Labute approximate surface area is 87.9 Å². The highest BCUT2D eigenvalue weighted by Gasteiger charge is 2.31. The largest absolute Gasteiger partial charge is 0.805 e. The van der Waals surface area contributed by atoms with E-state index in [0.717, 1.165) is 12.1 Å². The third-order valence-electron chi connectivity index (χ3n) is 1.69. The van der Waals surface area contributed by atoms with Crippen molar-refractivity contribution in [3.05, 3.63) is 35.4 Å². The Morgan fingerprint density at radius 3 is 2.25 bits per heavy atom. The third kappa shape index (κ3) is 2.91. The first-order valence-corrected chi connectivity index (χ1v) is 5.41. The average molecular weight is 252 g/mol. The van der Waals surface area contributed by atoms with Crippen LogP contribution in [0.4, 0.5) is 13.2 Å². The SMILES string of the molecule is O=C(c1cccc(C(F)(F)F)c1)P(=O)([O-])[O-]. The molecule has 0 unspecified atom stereocenters. The first-order chi connectivity index (χ1) is 7.12. The number of carbonyl (C=O) groups is 1. The Morgan fingerprint density at radius 2 is 1.81 bits per heavy atom. The summed E-state index contributed by atoms with van der Waals surface area (Å²) in [6.45, 7) is 0. The highest BCUT2D eigenvalue weighted by Crippen LogP contribution is 2.33. The first kappa shape index (κ1) is 12.9. The molecule has 0 atom stereocenters. The highest BCUT2D eigenvalue weighted by molar-refractivity contribution is 7.68. The zero-order valence-corrected chi connectivity index (χ0v) is 8.42. The molecule has 0 spiro atoms. The first-order valence-electron chi connectivity index (χ1n) is 3.86. The van der Waals surface area contributed by atoms with E-state index < -0.39 is 30.4 Å². The molecule has 1 rings (SSSR count). The van der Waals surface area contributed by atoms with Gasteiger partial charge >= 0.3 is 6.18 Å². The molecular weight excluding hydrogens is 248 g/mol. The van der Waals surface area contributed by atoms with Crippen LogP contribution in [-0.4, -0.2) is 5.52 Å². The Morgan fingerprint density at radius 1 is 1.25 bits per heavy atom. The summed E-state index contributed by atoms with van der Waals surface area (Å²) in [7, 11) is -5.56. The maximum atomic E-state index is 12.2. The van der Waals surface area contributed by atoms with Gasteiger partial charge in [0.15, 0.2) is 5.52 Å². The van der Waals surface area contributed by atoms with Crippen molar-refractivity contribution in [2.75, 3.05) is 0 Å². The molecule has 0 bridgehead atoms. The summed E-state index contributed by atoms with van der Waals surface area (Å²) in [5, 5.41) is 0. The molecule has 4 nitrogen and oxygen atoms in total.